The quantitative estimate of drug-likeness (QED) is 0.822. The fourth-order valence-electron chi connectivity index (χ4n) is 3.53. The van der Waals surface area contributed by atoms with Gasteiger partial charge in [-0.2, -0.15) is 0 Å². The van der Waals surface area contributed by atoms with E-state index >= 15 is 0 Å². The van der Waals surface area contributed by atoms with Gasteiger partial charge >= 0.3 is 0 Å². The van der Waals surface area contributed by atoms with Gasteiger partial charge < -0.3 is 15.5 Å². The maximum atomic E-state index is 12.4. The monoisotopic (exact) mass is 330 g/mol. The fraction of sp³-hybridized carbons (Fsp3) is 0.632. The Morgan fingerprint density at radius 1 is 1.29 bits per heavy atom. The van der Waals surface area contributed by atoms with E-state index in [1.165, 1.54) is 12.0 Å². The largest absolute Gasteiger partial charge is 0.352 e. The summed E-state index contributed by atoms with van der Waals surface area (Å²) in [5.74, 6) is 0.773. The van der Waals surface area contributed by atoms with Crippen LogP contribution in [-0.4, -0.2) is 68.6 Å². The molecule has 1 unspecified atom stereocenters. The van der Waals surface area contributed by atoms with E-state index in [1.807, 2.05) is 18.2 Å². The number of hydrogen-bond acceptors (Lipinski definition) is 4. The first kappa shape index (κ1) is 17.4. The summed E-state index contributed by atoms with van der Waals surface area (Å²) in [6.07, 6.45) is 2.30. The Morgan fingerprint density at radius 3 is 2.88 bits per heavy atom. The minimum atomic E-state index is 0.0567. The molecule has 2 aliphatic rings. The van der Waals surface area contributed by atoms with Crippen LogP contribution < -0.4 is 10.6 Å². The minimum Gasteiger partial charge on any atom is -0.352 e. The Morgan fingerprint density at radius 2 is 2.12 bits per heavy atom. The van der Waals surface area contributed by atoms with Crippen molar-refractivity contribution in [1.29, 1.82) is 0 Å². The highest BCUT2D eigenvalue weighted by atomic mass is 16.1. The van der Waals surface area contributed by atoms with E-state index in [9.17, 15) is 4.79 Å². The first-order chi connectivity index (χ1) is 11.7. The van der Waals surface area contributed by atoms with E-state index < -0.39 is 0 Å². The predicted octanol–water partition coefficient (Wildman–Crippen LogP) is 1.16. The average Bonchev–Trinajstić information content (AvgIpc) is 3.10. The van der Waals surface area contributed by atoms with Crippen molar-refractivity contribution in [2.45, 2.75) is 19.4 Å². The Hall–Kier alpha value is -1.43. The lowest BCUT2D eigenvalue weighted by atomic mass is 10.0. The van der Waals surface area contributed by atoms with E-state index in [2.05, 4.69) is 33.5 Å². The van der Waals surface area contributed by atoms with E-state index in [0.29, 0.717) is 5.92 Å². The molecule has 0 saturated carbocycles. The Labute approximate surface area is 145 Å². The van der Waals surface area contributed by atoms with Gasteiger partial charge in [0.05, 0.1) is 0 Å². The van der Waals surface area contributed by atoms with Crippen LogP contribution in [0, 0.1) is 5.92 Å². The molecule has 0 radical (unpaired) electrons. The maximum Gasteiger partial charge on any atom is 0.251 e. The molecule has 2 aliphatic heterocycles. The second-order valence-electron chi connectivity index (χ2n) is 7.18. The minimum absolute atomic E-state index is 0.0567. The molecule has 2 heterocycles. The van der Waals surface area contributed by atoms with Crippen molar-refractivity contribution < 1.29 is 4.79 Å². The number of carbonyl (C=O) groups is 1. The van der Waals surface area contributed by atoms with Gasteiger partial charge in [0, 0.05) is 44.8 Å². The topological polar surface area (TPSA) is 47.6 Å². The van der Waals surface area contributed by atoms with Crippen molar-refractivity contribution >= 4 is 5.91 Å². The van der Waals surface area contributed by atoms with Gasteiger partial charge in [-0.3, -0.25) is 9.69 Å². The predicted molar refractivity (Wildman–Crippen MR) is 97.1 cm³/mol. The molecule has 0 spiro atoms. The lowest BCUT2D eigenvalue weighted by molar-refractivity contribution is 0.0951. The molecule has 0 bridgehead atoms. The third-order valence-corrected chi connectivity index (χ3v) is 5.19. The molecule has 1 atom stereocenters. The van der Waals surface area contributed by atoms with Crippen LogP contribution in [0.15, 0.2) is 24.3 Å². The molecular formula is C19H30N4O. The van der Waals surface area contributed by atoms with Crippen LogP contribution in [0.1, 0.15) is 28.8 Å². The van der Waals surface area contributed by atoms with E-state index in [0.717, 1.165) is 64.3 Å². The van der Waals surface area contributed by atoms with Gasteiger partial charge in [0.25, 0.3) is 5.91 Å². The molecule has 1 amide bonds. The number of carbonyl (C=O) groups excluding carboxylic acids is 1. The maximum absolute atomic E-state index is 12.4. The second kappa shape index (κ2) is 8.60. The van der Waals surface area contributed by atoms with Crippen molar-refractivity contribution in [3.05, 3.63) is 35.4 Å². The van der Waals surface area contributed by atoms with Crippen molar-refractivity contribution in [2.24, 2.45) is 5.92 Å². The summed E-state index contributed by atoms with van der Waals surface area (Å²) >= 11 is 0. The molecule has 0 aromatic heterocycles. The number of nitrogens with zero attached hydrogens (tertiary/aromatic N) is 2. The summed E-state index contributed by atoms with van der Waals surface area (Å²) in [5, 5.41) is 6.45. The molecule has 2 saturated heterocycles. The number of nitrogens with one attached hydrogen (secondary N) is 2. The summed E-state index contributed by atoms with van der Waals surface area (Å²) in [4.78, 5) is 17.2. The molecular weight excluding hydrogens is 300 g/mol. The third-order valence-electron chi connectivity index (χ3n) is 5.19. The van der Waals surface area contributed by atoms with Crippen LogP contribution in [0.4, 0.5) is 0 Å². The highest BCUT2D eigenvalue weighted by Gasteiger charge is 2.16. The van der Waals surface area contributed by atoms with Gasteiger partial charge in [0.1, 0.15) is 0 Å². The van der Waals surface area contributed by atoms with Crippen molar-refractivity contribution in [2.75, 3.05) is 52.9 Å². The molecule has 1 aromatic rings. The number of hydrogen-bond donors (Lipinski definition) is 2. The molecule has 1 aromatic carbocycles. The molecule has 132 valence electrons. The van der Waals surface area contributed by atoms with Crippen molar-refractivity contribution in [3.63, 3.8) is 0 Å². The highest BCUT2D eigenvalue weighted by molar-refractivity contribution is 5.94. The van der Waals surface area contributed by atoms with Crippen LogP contribution in [0.3, 0.4) is 0 Å². The summed E-state index contributed by atoms with van der Waals surface area (Å²) in [6, 6.07) is 8.09. The normalized spacial score (nSPS) is 22.6. The Kier molecular flexibility index (Phi) is 6.24. The van der Waals surface area contributed by atoms with Crippen LogP contribution in [0.5, 0.6) is 0 Å². The van der Waals surface area contributed by atoms with E-state index in [1.54, 1.807) is 0 Å². The zero-order valence-electron chi connectivity index (χ0n) is 14.8. The van der Waals surface area contributed by atoms with Gasteiger partial charge in [0.15, 0.2) is 0 Å². The third kappa shape index (κ3) is 5.03. The van der Waals surface area contributed by atoms with Crippen LogP contribution in [-0.2, 0) is 6.54 Å². The van der Waals surface area contributed by atoms with Gasteiger partial charge in [-0.05, 0) is 56.6 Å². The van der Waals surface area contributed by atoms with Gasteiger partial charge in [-0.15, -0.1) is 0 Å². The fourth-order valence-corrected chi connectivity index (χ4v) is 3.53. The standard InChI is InChI=1S/C19H30N4O/c1-22-9-11-23(12-10-22)15-17-3-2-4-18(13-17)19(24)21-8-6-16-5-7-20-14-16/h2-4,13,16,20H,5-12,14-15H2,1H3,(H,21,24). The molecule has 5 nitrogen and oxygen atoms in total. The Bertz CT molecular complexity index is 534. The first-order valence-corrected chi connectivity index (χ1v) is 9.19. The molecule has 2 N–H and O–H groups in total. The Balaban J connectivity index is 1.47. The highest BCUT2D eigenvalue weighted by Crippen LogP contribution is 2.12. The van der Waals surface area contributed by atoms with E-state index in [-0.39, 0.29) is 5.91 Å². The van der Waals surface area contributed by atoms with Gasteiger partial charge in [0.2, 0.25) is 0 Å². The first-order valence-electron chi connectivity index (χ1n) is 9.19. The second-order valence-corrected chi connectivity index (χ2v) is 7.18. The SMILES string of the molecule is CN1CCN(Cc2cccc(C(=O)NCCC3CCNC3)c2)CC1. The zero-order chi connectivity index (χ0) is 16.8. The smallest absolute Gasteiger partial charge is 0.251 e. The number of amides is 1. The summed E-state index contributed by atoms with van der Waals surface area (Å²) in [6.45, 7) is 8.36. The van der Waals surface area contributed by atoms with E-state index in [4.69, 9.17) is 0 Å². The summed E-state index contributed by atoms with van der Waals surface area (Å²) in [7, 11) is 2.17. The molecule has 3 rings (SSSR count). The average molecular weight is 330 g/mol. The number of piperazine rings is 1. The number of likely N-dealkylation sites (N-methyl/N-ethyl adjacent to an activating group) is 1. The van der Waals surface area contributed by atoms with Crippen LogP contribution in [0.25, 0.3) is 0 Å². The lowest BCUT2D eigenvalue weighted by Gasteiger charge is -2.32. The summed E-state index contributed by atoms with van der Waals surface area (Å²) < 4.78 is 0. The molecule has 24 heavy (non-hydrogen) atoms. The van der Waals surface area contributed by atoms with Gasteiger partial charge in [-0.1, -0.05) is 12.1 Å². The summed E-state index contributed by atoms with van der Waals surface area (Å²) in [5.41, 5.74) is 2.01. The van der Waals surface area contributed by atoms with Crippen molar-refractivity contribution in [3.8, 4) is 0 Å². The van der Waals surface area contributed by atoms with Crippen LogP contribution >= 0.6 is 0 Å². The number of rotatable bonds is 6. The number of benzene rings is 1. The van der Waals surface area contributed by atoms with Gasteiger partial charge in [-0.25, -0.2) is 0 Å². The molecule has 0 aliphatic carbocycles. The molecule has 5 heteroatoms. The zero-order valence-corrected chi connectivity index (χ0v) is 14.8. The molecule has 2 fully saturated rings. The lowest BCUT2D eigenvalue weighted by Crippen LogP contribution is -2.43. The van der Waals surface area contributed by atoms with Crippen LogP contribution in [0.2, 0.25) is 0 Å². The van der Waals surface area contributed by atoms with Crippen molar-refractivity contribution in [1.82, 2.24) is 20.4 Å².